The lowest BCUT2D eigenvalue weighted by molar-refractivity contribution is -0.137. The molecule has 1 aliphatic heterocycles. The summed E-state index contributed by atoms with van der Waals surface area (Å²) >= 11 is 0. The minimum absolute atomic E-state index is 0.0157. The molecule has 0 bridgehead atoms. The minimum Gasteiger partial charge on any atom is -0.504 e. The van der Waals surface area contributed by atoms with E-state index in [2.05, 4.69) is 0 Å². The van der Waals surface area contributed by atoms with Crippen LogP contribution in [0, 0.1) is 0 Å². The average Bonchev–Trinajstić information content (AvgIpc) is 3.13. The highest BCUT2D eigenvalue weighted by Crippen LogP contribution is 2.44. The number of carbonyl (C=O) groups excluding carboxylic acids is 2. The van der Waals surface area contributed by atoms with E-state index < -0.39 is 35.2 Å². The van der Waals surface area contributed by atoms with Gasteiger partial charge in [-0.3, -0.25) is 14.5 Å². The summed E-state index contributed by atoms with van der Waals surface area (Å²) in [5.74, 6) is -2.84. The van der Waals surface area contributed by atoms with Gasteiger partial charge in [-0.15, -0.1) is 0 Å². The van der Waals surface area contributed by atoms with E-state index in [-0.39, 0.29) is 28.3 Å². The van der Waals surface area contributed by atoms with Crippen molar-refractivity contribution in [3.8, 4) is 11.5 Å². The molecule has 0 saturated carbocycles. The van der Waals surface area contributed by atoms with E-state index in [9.17, 15) is 33.0 Å². The van der Waals surface area contributed by atoms with Gasteiger partial charge in [-0.1, -0.05) is 48.5 Å². The third-order valence-electron chi connectivity index (χ3n) is 5.67. The Morgan fingerprint density at radius 2 is 1.72 bits per heavy atom. The van der Waals surface area contributed by atoms with Crippen LogP contribution in [0.4, 0.5) is 18.9 Å². The van der Waals surface area contributed by atoms with Gasteiger partial charge in [0.2, 0.25) is 0 Å². The van der Waals surface area contributed by atoms with Crippen LogP contribution in [-0.2, 0) is 15.8 Å². The van der Waals surface area contributed by atoms with Gasteiger partial charge in [0.15, 0.2) is 23.0 Å². The number of phenolic OH excluding ortho intramolecular Hbond substituents is 1. The summed E-state index contributed by atoms with van der Waals surface area (Å²) in [7, 11) is 1.30. The number of nitrogens with zero attached hydrogens (tertiary/aromatic N) is 1. The largest absolute Gasteiger partial charge is 0.504 e. The van der Waals surface area contributed by atoms with Gasteiger partial charge in [0.05, 0.1) is 24.3 Å². The molecule has 1 aliphatic rings. The molecule has 36 heavy (non-hydrogen) atoms. The van der Waals surface area contributed by atoms with Crippen molar-refractivity contribution in [1.29, 1.82) is 0 Å². The highest BCUT2D eigenvalue weighted by molar-refractivity contribution is 6.19. The second kappa shape index (κ2) is 9.61. The summed E-state index contributed by atoms with van der Waals surface area (Å²) in [6.45, 7) is 0. The third-order valence-corrected chi connectivity index (χ3v) is 5.67. The van der Waals surface area contributed by atoms with E-state index in [4.69, 9.17) is 4.74 Å². The van der Waals surface area contributed by atoms with Crippen LogP contribution in [0.15, 0.2) is 90.2 Å². The van der Waals surface area contributed by atoms with Crippen LogP contribution >= 0.6 is 0 Å². The number of carbonyl (C=O) groups is 2. The summed E-state index contributed by atoms with van der Waals surface area (Å²) in [5, 5.41) is 20.7. The molecule has 0 aromatic heterocycles. The predicted molar refractivity (Wildman–Crippen MR) is 126 cm³/mol. The van der Waals surface area contributed by atoms with Crippen molar-refractivity contribution < 1.29 is 37.7 Å². The number of amides is 1. The zero-order valence-corrected chi connectivity index (χ0v) is 18.9. The van der Waals surface area contributed by atoms with E-state index in [1.807, 2.05) is 0 Å². The van der Waals surface area contributed by atoms with E-state index in [1.165, 1.54) is 43.5 Å². The quantitative estimate of drug-likeness (QED) is 0.435. The van der Waals surface area contributed by atoms with E-state index in [0.717, 1.165) is 23.1 Å². The molecule has 4 rings (SSSR count). The second-order valence-corrected chi connectivity index (χ2v) is 7.93. The van der Waals surface area contributed by atoms with E-state index in [0.29, 0.717) is 5.56 Å². The highest BCUT2D eigenvalue weighted by Gasteiger charge is 2.44. The van der Waals surface area contributed by atoms with Crippen molar-refractivity contribution >= 4 is 23.5 Å². The normalized spacial score (nSPS) is 16.2. The number of ether oxygens (including phenoxy) is 1. The van der Waals surface area contributed by atoms with Crippen molar-refractivity contribution in [2.24, 2.45) is 0 Å². The van der Waals surface area contributed by atoms with Crippen LogP contribution in [0.3, 0.4) is 0 Å². The number of benzene rings is 3. The summed E-state index contributed by atoms with van der Waals surface area (Å²) in [5.41, 5.74) is -0.576. The van der Waals surface area contributed by atoms with Crippen molar-refractivity contribution in [3.05, 3.63) is 107 Å². The van der Waals surface area contributed by atoms with Gasteiger partial charge in [-0.25, -0.2) is 0 Å². The molecule has 0 fully saturated rings. The Hall–Kier alpha value is -4.53. The fourth-order valence-electron chi connectivity index (χ4n) is 3.96. The van der Waals surface area contributed by atoms with E-state index >= 15 is 0 Å². The standard InChI is InChI=1S/C27H20F3NO5/c1-36-22-14-17(11-13-20(22)32)24-23(21(33)12-10-16-6-3-2-4-7-16)25(34)26(35)31(24)19-9-5-8-18(15-19)27(28,29)30/h2-15,24,32,34H,1H3/b12-10+/t24-/m0/s1. The number of halogens is 3. The molecule has 0 unspecified atom stereocenters. The number of hydrogen-bond donors (Lipinski definition) is 2. The molecule has 1 heterocycles. The number of aliphatic hydroxyl groups excluding tert-OH is 1. The number of alkyl halides is 3. The van der Waals surface area contributed by atoms with Crippen molar-refractivity contribution in [2.75, 3.05) is 12.0 Å². The molecular formula is C27H20F3NO5. The van der Waals surface area contributed by atoms with E-state index in [1.54, 1.807) is 30.3 Å². The maximum Gasteiger partial charge on any atom is 0.416 e. The van der Waals surface area contributed by atoms with Crippen LogP contribution in [0.2, 0.25) is 0 Å². The number of allylic oxidation sites excluding steroid dienone is 1. The van der Waals surface area contributed by atoms with Crippen LogP contribution in [-0.4, -0.2) is 29.0 Å². The fraction of sp³-hybridized carbons (Fsp3) is 0.111. The van der Waals surface area contributed by atoms with Crippen LogP contribution in [0.25, 0.3) is 6.08 Å². The van der Waals surface area contributed by atoms with Crippen LogP contribution in [0.5, 0.6) is 11.5 Å². The molecule has 1 amide bonds. The summed E-state index contributed by atoms with van der Waals surface area (Å²) in [6, 6.07) is 15.6. The summed E-state index contributed by atoms with van der Waals surface area (Å²) < 4.78 is 45.3. The van der Waals surface area contributed by atoms with Gasteiger partial charge in [0, 0.05) is 5.69 Å². The fourth-order valence-corrected chi connectivity index (χ4v) is 3.96. The van der Waals surface area contributed by atoms with Gasteiger partial charge in [-0.2, -0.15) is 13.2 Å². The number of methoxy groups -OCH3 is 1. The first-order valence-corrected chi connectivity index (χ1v) is 10.7. The smallest absolute Gasteiger partial charge is 0.416 e. The number of ketones is 1. The monoisotopic (exact) mass is 495 g/mol. The third kappa shape index (κ3) is 4.68. The molecule has 2 N–H and O–H groups in total. The molecule has 1 atom stereocenters. The van der Waals surface area contributed by atoms with Gasteiger partial charge < -0.3 is 14.9 Å². The summed E-state index contributed by atoms with van der Waals surface area (Å²) in [4.78, 5) is 27.3. The average molecular weight is 495 g/mol. The molecule has 3 aromatic carbocycles. The molecule has 9 heteroatoms. The van der Waals surface area contributed by atoms with Gasteiger partial charge in [0.1, 0.15) is 0 Å². The van der Waals surface area contributed by atoms with Crippen molar-refractivity contribution in [1.82, 2.24) is 0 Å². The molecule has 0 spiro atoms. The van der Waals surface area contributed by atoms with Gasteiger partial charge in [-0.05, 0) is 47.5 Å². The Balaban J connectivity index is 1.85. The lowest BCUT2D eigenvalue weighted by Crippen LogP contribution is -2.31. The lowest BCUT2D eigenvalue weighted by atomic mass is 9.94. The number of anilines is 1. The Labute approximate surface area is 204 Å². The summed E-state index contributed by atoms with van der Waals surface area (Å²) in [6.07, 6.45) is -2.01. The topological polar surface area (TPSA) is 87.1 Å². The Kier molecular flexibility index (Phi) is 6.57. The highest BCUT2D eigenvalue weighted by atomic mass is 19.4. The number of aliphatic hydroxyl groups is 1. The van der Waals surface area contributed by atoms with Crippen molar-refractivity contribution in [3.63, 3.8) is 0 Å². The van der Waals surface area contributed by atoms with Gasteiger partial charge in [0.25, 0.3) is 5.91 Å². The SMILES string of the molecule is COc1cc([C@H]2C(C(=O)/C=C/c3ccccc3)=C(O)C(=O)N2c2cccc(C(F)(F)F)c2)ccc1O. The van der Waals surface area contributed by atoms with Crippen molar-refractivity contribution in [2.45, 2.75) is 12.2 Å². The first-order valence-electron chi connectivity index (χ1n) is 10.7. The number of rotatable bonds is 6. The Bertz CT molecular complexity index is 1380. The maximum absolute atomic E-state index is 13.4. The molecule has 0 radical (unpaired) electrons. The first kappa shape index (κ1) is 24.6. The first-order chi connectivity index (χ1) is 17.1. The molecule has 3 aromatic rings. The molecular weight excluding hydrogens is 475 g/mol. The number of hydrogen-bond acceptors (Lipinski definition) is 5. The Morgan fingerprint density at radius 1 is 1.00 bits per heavy atom. The predicted octanol–water partition coefficient (Wildman–Crippen LogP) is 5.60. The minimum atomic E-state index is -4.68. The number of aromatic hydroxyl groups is 1. The van der Waals surface area contributed by atoms with Gasteiger partial charge >= 0.3 is 6.18 Å². The number of phenols is 1. The maximum atomic E-state index is 13.4. The second-order valence-electron chi connectivity index (χ2n) is 7.93. The lowest BCUT2D eigenvalue weighted by Gasteiger charge is -2.27. The molecule has 184 valence electrons. The Morgan fingerprint density at radius 3 is 2.39 bits per heavy atom. The zero-order valence-electron chi connectivity index (χ0n) is 18.9. The van der Waals surface area contributed by atoms with Crippen LogP contribution in [0.1, 0.15) is 22.7 Å². The molecule has 6 nitrogen and oxygen atoms in total. The zero-order chi connectivity index (χ0) is 26.0. The molecule has 0 saturated heterocycles. The molecule has 0 aliphatic carbocycles. The van der Waals surface area contributed by atoms with Crippen LogP contribution < -0.4 is 9.64 Å².